The Balaban J connectivity index is 1.94. The molecular formula is C16H16ClF3N2. The van der Waals surface area contributed by atoms with E-state index in [1.165, 1.54) is 18.5 Å². The number of aromatic nitrogens is 2. The van der Waals surface area contributed by atoms with Gasteiger partial charge in [-0.2, -0.15) is 13.2 Å². The summed E-state index contributed by atoms with van der Waals surface area (Å²) >= 11 is 6.21. The monoisotopic (exact) mass is 328 g/mol. The zero-order valence-electron chi connectivity index (χ0n) is 12.1. The predicted octanol–water partition coefficient (Wildman–Crippen LogP) is 4.89. The van der Waals surface area contributed by atoms with Crippen molar-refractivity contribution in [3.63, 3.8) is 0 Å². The lowest BCUT2D eigenvalue weighted by Crippen LogP contribution is -2.04. The fourth-order valence-corrected chi connectivity index (χ4v) is 2.52. The van der Waals surface area contributed by atoms with Crippen molar-refractivity contribution in [3.05, 3.63) is 58.1 Å². The number of alkyl halides is 3. The largest absolute Gasteiger partial charge is 0.416 e. The van der Waals surface area contributed by atoms with E-state index in [4.69, 9.17) is 11.6 Å². The molecule has 0 saturated heterocycles. The van der Waals surface area contributed by atoms with Crippen molar-refractivity contribution in [1.82, 2.24) is 9.97 Å². The normalized spacial score (nSPS) is 11.7. The van der Waals surface area contributed by atoms with Gasteiger partial charge < -0.3 is 0 Å². The summed E-state index contributed by atoms with van der Waals surface area (Å²) in [5.41, 5.74) is 1.86. The number of hydrogen-bond donors (Lipinski definition) is 0. The smallest absolute Gasteiger partial charge is 0.240 e. The van der Waals surface area contributed by atoms with E-state index >= 15 is 0 Å². The quantitative estimate of drug-likeness (QED) is 0.781. The molecule has 0 saturated carbocycles. The molecule has 22 heavy (non-hydrogen) atoms. The van der Waals surface area contributed by atoms with Crippen LogP contribution in [-0.4, -0.2) is 9.97 Å². The molecule has 1 aromatic carbocycles. The molecule has 0 radical (unpaired) electrons. The summed E-state index contributed by atoms with van der Waals surface area (Å²) in [6.45, 7) is 1.97. The third kappa shape index (κ3) is 4.19. The summed E-state index contributed by atoms with van der Waals surface area (Å²) in [5, 5.41) is 0.595. The molecule has 0 N–H and O–H groups in total. The van der Waals surface area contributed by atoms with E-state index in [9.17, 15) is 13.2 Å². The number of rotatable bonds is 5. The van der Waals surface area contributed by atoms with Crippen LogP contribution in [0, 0.1) is 0 Å². The topological polar surface area (TPSA) is 25.8 Å². The average Bonchev–Trinajstić information content (AvgIpc) is 2.48. The molecule has 2 nitrogen and oxygen atoms in total. The average molecular weight is 329 g/mol. The second kappa shape index (κ2) is 7.09. The van der Waals surface area contributed by atoms with Crippen molar-refractivity contribution in [3.8, 4) is 0 Å². The Morgan fingerprint density at radius 2 is 1.64 bits per heavy atom. The minimum atomic E-state index is -4.29. The number of halogens is 4. The van der Waals surface area contributed by atoms with Crippen molar-refractivity contribution >= 4 is 11.6 Å². The van der Waals surface area contributed by atoms with E-state index in [-0.39, 0.29) is 0 Å². The van der Waals surface area contributed by atoms with Crippen LogP contribution in [0.1, 0.15) is 35.9 Å². The summed E-state index contributed by atoms with van der Waals surface area (Å²) in [6.07, 6.45) is 0.0789. The molecule has 6 heteroatoms. The molecule has 0 spiro atoms. The summed E-state index contributed by atoms with van der Waals surface area (Å²) < 4.78 is 37.4. The van der Waals surface area contributed by atoms with Crippen LogP contribution < -0.4 is 0 Å². The highest BCUT2D eigenvalue weighted by molar-refractivity contribution is 6.31. The van der Waals surface area contributed by atoms with Gasteiger partial charge in [0.2, 0.25) is 0 Å². The summed E-state index contributed by atoms with van der Waals surface area (Å²) in [4.78, 5) is 8.28. The molecule has 1 aromatic heterocycles. The Bertz CT molecular complexity index is 624. The SMILES string of the molecule is CCc1ncnc(CCCc2ccc(C(F)(F)F)cc2)c1Cl. The van der Waals surface area contributed by atoms with Crippen molar-refractivity contribution in [1.29, 1.82) is 0 Å². The first-order chi connectivity index (χ1) is 10.4. The molecule has 1 heterocycles. The van der Waals surface area contributed by atoms with Crippen LogP contribution >= 0.6 is 11.6 Å². The van der Waals surface area contributed by atoms with Gasteiger partial charge in [-0.15, -0.1) is 0 Å². The highest BCUT2D eigenvalue weighted by atomic mass is 35.5. The maximum Gasteiger partial charge on any atom is 0.416 e. The number of hydrogen-bond acceptors (Lipinski definition) is 2. The van der Waals surface area contributed by atoms with Gasteiger partial charge in [0, 0.05) is 0 Å². The first-order valence-corrected chi connectivity index (χ1v) is 7.44. The van der Waals surface area contributed by atoms with Crippen molar-refractivity contribution < 1.29 is 13.2 Å². The zero-order valence-corrected chi connectivity index (χ0v) is 12.9. The molecule has 0 aliphatic rings. The molecule has 0 atom stereocenters. The summed E-state index contributed by atoms with van der Waals surface area (Å²) in [7, 11) is 0. The van der Waals surface area contributed by atoms with Crippen LogP contribution in [0.5, 0.6) is 0 Å². The Morgan fingerprint density at radius 3 is 2.23 bits per heavy atom. The molecule has 0 unspecified atom stereocenters. The molecule has 0 aliphatic heterocycles. The Kier molecular flexibility index (Phi) is 5.40. The van der Waals surface area contributed by atoms with Gasteiger partial charge in [-0.25, -0.2) is 9.97 Å². The maximum atomic E-state index is 12.5. The Hall–Kier alpha value is -1.62. The highest BCUT2D eigenvalue weighted by Gasteiger charge is 2.29. The van der Waals surface area contributed by atoms with Crippen LogP contribution in [0.3, 0.4) is 0 Å². The fraction of sp³-hybridized carbons (Fsp3) is 0.375. The minimum absolute atomic E-state index is 0.595. The fourth-order valence-electron chi connectivity index (χ4n) is 2.19. The molecule has 0 amide bonds. The third-order valence-electron chi connectivity index (χ3n) is 3.43. The third-order valence-corrected chi connectivity index (χ3v) is 3.87. The van der Waals surface area contributed by atoms with Crippen LogP contribution in [0.25, 0.3) is 0 Å². The molecule has 0 aliphatic carbocycles. The lowest BCUT2D eigenvalue weighted by Gasteiger charge is -2.08. The van der Waals surface area contributed by atoms with Crippen molar-refractivity contribution in [2.75, 3.05) is 0 Å². The summed E-state index contributed by atoms with van der Waals surface area (Å²) in [5.74, 6) is 0. The van der Waals surface area contributed by atoms with Crippen LogP contribution in [-0.2, 0) is 25.4 Å². The van der Waals surface area contributed by atoms with Crippen LogP contribution in [0.4, 0.5) is 13.2 Å². The van der Waals surface area contributed by atoms with Gasteiger partial charge in [0.1, 0.15) is 6.33 Å². The number of benzene rings is 1. The predicted molar refractivity (Wildman–Crippen MR) is 79.9 cm³/mol. The molecule has 0 fully saturated rings. The Labute approximate surface area is 132 Å². The molecular weight excluding hydrogens is 313 g/mol. The molecule has 2 rings (SSSR count). The lowest BCUT2D eigenvalue weighted by atomic mass is 10.0. The van der Waals surface area contributed by atoms with Crippen LogP contribution in [0.2, 0.25) is 5.02 Å². The molecule has 2 aromatic rings. The first-order valence-electron chi connectivity index (χ1n) is 7.06. The maximum absolute atomic E-state index is 12.5. The van der Waals surface area contributed by atoms with E-state index in [1.807, 2.05) is 6.92 Å². The molecule has 0 bridgehead atoms. The highest BCUT2D eigenvalue weighted by Crippen LogP contribution is 2.29. The van der Waals surface area contributed by atoms with Gasteiger partial charge in [-0.05, 0) is 43.4 Å². The van der Waals surface area contributed by atoms with Gasteiger partial charge in [-0.3, -0.25) is 0 Å². The number of nitrogens with zero attached hydrogens (tertiary/aromatic N) is 2. The van der Waals surface area contributed by atoms with E-state index < -0.39 is 11.7 Å². The lowest BCUT2D eigenvalue weighted by molar-refractivity contribution is -0.137. The second-order valence-electron chi connectivity index (χ2n) is 4.98. The van der Waals surface area contributed by atoms with Gasteiger partial charge in [0.15, 0.2) is 0 Å². The first kappa shape index (κ1) is 16.7. The number of aryl methyl sites for hydroxylation is 3. The van der Waals surface area contributed by atoms with Crippen molar-refractivity contribution in [2.45, 2.75) is 38.8 Å². The van der Waals surface area contributed by atoms with E-state index in [0.717, 1.165) is 41.9 Å². The minimum Gasteiger partial charge on any atom is -0.240 e. The van der Waals surface area contributed by atoms with Gasteiger partial charge >= 0.3 is 6.18 Å². The standard InChI is InChI=1S/C16H16ClF3N2/c1-2-13-15(17)14(22-10-21-13)5-3-4-11-6-8-12(9-7-11)16(18,19)20/h6-10H,2-5H2,1H3. The van der Waals surface area contributed by atoms with Gasteiger partial charge in [0.05, 0.1) is 22.0 Å². The van der Waals surface area contributed by atoms with Crippen LogP contribution in [0.15, 0.2) is 30.6 Å². The zero-order chi connectivity index (χ0) is 16.2. The molecule has 118 valence electrons. The van der Waals surface area contributed by atoms with E-state index in [2.05, 4.69) is 9.97 Å². The van der Waals surface area contributed by atoms with E-state index in [1.54, 1.807) is 0 Å². The van der Waals surface area contributed by atoms with E-state index in [0.29, 0.717) is 17.9 Å². The van der Waals surface area contributed by atoms with Crippen molar-refractivity contribution in [2.24, 2.45) is 0 Å². The summed E-state index contributed by atoms with van der Waals surface area (Å²) in [6, 6.07) is 5.26. The Morgan fingerprint density at radius 1 is 1.00 bits per heavy atom. The van der Waals surface area contributed by atoms with Gasteiger partial charge in [0.25, 0.3) is 0 Å². The second-order valence-corrected chi connectivity index (χ2v) is 5.36. The van der Waals surface area contributed by atoms with Gasteiger partial charge in [-0.1, -0.05) is 30.7 Å².